The summed E-state index contributed by atoms with van der Waals surface area (Å²) in [4.78, 5) is 0. The highest BCUT2D eigenvalue weighted by Gasteiger charge is 2.18. The smallest absolute Gasteiger partial charge is 0.00261 e. The number of hydrogen-bond donors (Lipinski definition) is 0. The largest absolute Gasteiger partial charge is 0.0622 e. The lowest BCUT2D eigenvalue weighted by atomic mass is 9.84. The van der Waals surface area contributed by atoms with Crippen molar-refractivity contribution in [2.75, 3.05) is 0 Å². The zero-order chi connectivity index (χ0) is 29.0. The van der Waals surface area contributed by atoms with Crippen molar-refractivity contribution in [3.8, 4) is 33.4 Å². The molecule has 0 heteroatoms. The zero-order valence-corrected chi connectivity index (χ0v) is 24.2. The average Bonchev–Trinajstić information content (AvgIpc) is 3.10. The van der Waals surface area contributed by atoms with Gasteiger partial charge in [-0.15, -0.1) is 0 Å². The number of benzene rings is 9. The summed E-state index contributed by atoms with van der Waals surface area (Å²) in [7, 11) is 0. The first-order valence-corrected chi connectivity index (χ1v) is 15.3. The van der Waals surface area contributed by atoms with E-state index < -0.39 is 0 Å². The molecule has 0 spiro atoms. The van der Waals surface area contributed by atoms with Gasteiger partial charge in [-0.3, -0.25) is 0 Å². The highest BCUT2D eigenvalue weighted by molar-refractivity contribution is 6.22. The van der Waals surface area contributed by atoms with Crippen LogP contribution in [-0.4, -0.2) is 0 Å². The van der Waals surface area contributed by atoms with E-state index in [1.54, 1.807) is 0 Å². The summed E-state index contributed by atoms with van der Waals surface area (Å²) in [6, 6.07) is 62.4. The Morgan fingerprint density at radius 1 is 0.205 bits per heavy atom. The van der Waals surface area contributed by atoms with E-state index in [0.717, 1.165) is 0 Å². The second kappa shape index (κ2) is 9.93. The van der Waals surface area contributed by atoms with Crippen molar-refractivity contribution in [2.45, 2.75) is 0 Å². The molecule has 0 bridgehead atoms. The van der Waals surface area contributed by atoms with Gasteiger partial charge in [-0.25, -0.2) is 0 Å². The van der Waals surface area contributed by atoms with E-state index in [4.69, 9.17) is 0 Å². The van der Waals surface area contributed by atoms with Gasteiger partial charge in [-0.2, -0.15) is 0 Å². The van der Waals surface area contributed by atoms with Crippen LogP contribution in [0.2, 0.25) is 0 Å². The average molecular weight is 557 g/mol. The van der Waals surface area contributed by atoms with Gasteiger partial charge in [0.15, 0.2) is 0 Å². The SMILES string of the molecule is c1ccc(-c2c3ccccc3c(-c3ccc4c(ccc5ccccc54)c3)c3ccc(-c4ccc5ccccc5c4)cc23)cc1. The van der Waals surface area contributed by atoms with Gasteiger partial charge in [0.2, 0.25) is 0 Å². The predicted molar refractivity (Wildman–Crippen MR) is 190 cm³/mol. The minimum Gasteiger partial charge on any atom is -0.0622 e. The number of rotatable bonds is 3. The topological polar surface area (TPSA) is 0 Å². The Hall–Kier alpha value is -5.72. The van der Waals surface area contributed by atoms with Crippen LogP contribution in [0.3, 0.4) is 0 Å². The molecule has 0 radical (unpaired) electrons. The minimum atomic E-state index is 1.23. The third-order valence-electron chi connectivity index (χ3n) is 9.20. The number of fused-ring (bicyclic) bond motifs is 6. The molecule has 0 aliphatic heterocycles. The molecular formula is C44H28. The van der Waals surface area contributed by atoms with Crippen molar-refractivity contribution in [1.82, 2.24) is 0 Å². The van der Waals surface area contributed by atoms with Crippen molar-refractivity contribution in [1.29, 1.82) is 0 Å². The highest BCUT2D eigenvalue weighted by atomic mass is 14.2. The third kappa shape index (κ3) is 3.92. The summed E-state index contributed by atoms with van der Waals surface area (Å²) in [5.74, 6) is 0. The molecule has 0 saturated heterocycles. The van der Waals surface area contributed by atoms with E-state index in [1.807, 2.05) is 0 Å². The lowest BCUT2D eigenvalue weighted by Crippen LogP contribution is -1.92. The van der Waals surface area contributed by atoms with Gasteiger partial charge in [0.05, 0.1) is 0 Å². The van der Waals surface area contributed by atoms with Crippen molar-refractivity contribution in [3.63, 3.8) is 0 Å². The second-order valence-electron chi connectivity index (χ2n) is 11.7. The molecule has 0 heterocycles. The predicted octanol–water partition coefficient (Wildman–Crippen LogP) is 12.5. The molecule has 0 atom stereocenters. The van der Waals surface area contributed by atoms with E-state index in [-0.39, 0.29) is 0 Å². The van der Waals surface area contributed by atoms with Crippen LogP contribution in [0.15, 0.2) is 170 Å². The molecule has 0 fully saturated rings. The normalized spacial score (nSPS) is 11.6. The molecule has 0 amide bonds. The van der Waals surface area contributed by atoms with Crippen LogP contribution in [0.1, 0.15) is 0 Å². The summed E-state index contributed by atoms with van der Waals surface area (Å²) in [6.45, 7) is 0. The lowest BCUT2D eigenvalue weighted by Gasteiger charge is -2.19. The van der Waals surface area contributed by atoms with Crippen molar-refractivity contribution >= 4 is 53.9 Å². The molecule has 0 nitrogen and oxygen atoms in total. The monoisotopic (exact) mass is 556 g/mol. The van der Waals surface area contributed by atoms with Crippen molar-refractivity contribution in [3.05, 3.63) is 170 Å². The van der Waals surface area contributed by atoms with Crippen molar-refractivity contribution < 1.29 is 0 Å². The molecule has 0 aromatic heterocycles. The molecule has 0 unspecified atom stereocenters. The second-order valence-corrected chi connectivity index (χ2v) is 11.7. The summed E-state index contributed by atoms with van der Waals surface area (Å²) in [6.07, 6.45) is 0. The third-order valence-corrected chi connectivity index (χ3v) is 9.20. The minimum absolute atomic E-state index is 1.23. The molecule has 204 valence electrons. The molecule has 9 rings (SSSR count). The van der Waals surface area contributed by atoms with Gasteiger partial charge >= 0.3 is 0 Å². The van der Waals surface area contributed by atoms with Crippen LogP contribution >= 0.6 is 0 Å². The van der Waals surface area contributed by atoms with Gasteiger partial charge in [-0.1, -0.05) is 152 Å². The lowest BCUT2D eigenvalue weighted by molar-refractivity contribution is 1.65. The van der Waals surface area contributed by atoms with Crippen LogP contribution < -0.4 is 0 Å². The molecular weight excluding hydrogens is 528 g/mol. The summed E-state index contributed by atoms with van der Waals surface area (Å²) < 4.78 is 0. The van der Waals surface area contributed by atoms with E-state index in [1.165, 1.54) is 87.2 Å². The van der Waals surface area contributed by atoms with Crippen LogP contribution in [0.25, 0.3) is 87.2 Å². The van der Waals surface area contributed by atoms with Gasteiger partial charge < -0.3 is 0 Å². The summed E-state index contributed by atoms with van der Waals surface area (Å²) >= 11 is 0. The molecule has 44 heavy (non-hydrogen) atoms. The molecule has 0 saturated carbocycles. The maximum Gasteiger partial charge on any atom is -0.00261 e. The fourth-order valence-electron chi connectivity index (χ4n) is 7.12. The maximum absolute atomic E-state index is 2.41. The number of hydrogen-bond acceptors (Lipinski definition) is 0. The van der Waals surface area contributed by atoms with Gasteiger partial charge in [0, 0.05) is 0 Å². The van der Waals surface area contributed by atoms with E-state index in [0.29, 0.717) is 0 Å². The molecule has 0 aliphatic carbocycles. The first kappa shape index (κ1) is 24.8. The Morgan fingerprint density at radius 3 is 1.50 bits per heavy atom. The summed E-state index contributed by atoms with van der Waals surface area (Å²) in [5.41, 5.74) is 7.52. The molecule has 9 aromatic carbocycles. The Kier molecular flexibility index (Phi) is 5.61. The van der Waals surface area contributed by atoms with Gasteiger partial charge in [-0.05, 0) is 105 Å². The molecule has 0 N–H and O–H groups in total. The maximum atomic E-state index is 2.41. The van der Waals surface area contributed by atoms with E-state index >= 15 is 0 Å². The quantitative estimate of drug-likeness (QED) is 0.150. The molecule has 0 aliphatic rings. The zero-order valence-electron chi connectivity index (χ0n) is 24.2. The van der Waals surface area contributed by atoms with Crippen LogP contribution in [-0.2, 0) is 0 Å². The fraction of sp³-hybridized carbons (Fsp3) is 0. The van der Waals surface area contributed by atoms with E-state index in [9.17, 15) is 0 Å². The van der Waals surface area contributed by atoms with Crippen molar-refractivity contribution in [2.24, 2.45) is 0 Å². The standard InChI is InChI=1S/C44H28/c1-2-12-31(13-3-1)43-39-16-8-9-17-40(39)44(36-23-24-38-35(27-36)21-19-30-11-6-7-15-37(30)38)41-25-22-34(28-42(41)43)33-20-18-29-10-4-5-14-32(29)26-33/h1-28H. The van der Waals surface area contributed by atoms with Gasteiger partial charge in [0.1, 0.15) is 0 Å². The van der Waals surface area contributed by atoms with Crippen LogP contribution in [0.4, 0.5) is 0 Å². The fourth-order valence-corrected chi connectivity index (χ4v) is 7.12. The van der Waals surface area contributed by atoms with Crippen LogP contribution in [0.5, 0.6) is 0 Å². The highest BCUT2D eigenvalue weighted by Crippen LogP contribution is 2.45. The van der Waals surface area contributed by atoms with Gasteiger partial charge in [0.25, 0.3) is 0 Å². The Bertz CT molecular complexity index is 2540. The Balaban J connectivity index is 1.36. The first-order valence-electron chi connectivity index (χ1n) is 15.3. The Labute approximate surface area is 256 Å². The van der Waals surface area contributed by atoms with Crippen LogP contribution in [0, 0.1) is 0 Å². The van der Waals surface area contributed by atoms with E-state index in [2.05, 4.69) is 170 Å². The summed E-state index contributed by atoms with van der Waals surface area (Å²) in [5, 5.41) is 12.7. The molecule has 9 aromatic rings. The first-order chi connectivity index (χ1) is 21.8. The Morgan fingerprint density at radius 2 is 0.682 bits per heavy atom.